The van der Waals surface area contributed by atoms with Gasteiger partial charge in [-0.3, -0.25) is 4.98 Å². The van der Waals surface area contributed by atoms with Crippen molar-refractivity contribution in [2.45, 2.75) is 44.2 Å². The monoisotopic (exact) mass is 327 g/mol. The lowest BCUT2D eigenvalue weighted by Gasteiger charge is -2.35. The van der Waals surface area contributed by atoms with Gasteiger partial charge in [0.05, 0.1) is 31.6 Å². The van der Waals surface area contributed by atoms with E-state index in [1.165, 1.54) is 0 Å². The fourth-order valence-electron chi connectivity index (χ4n) is 2.70. The average Bonchev–Trinajstić information content (AvgIpc) is 2.88. The van der Waals surface area contributed by atoms with Gasteiger partial charge in [0.1, 0.15) is 0 Å². The van der Waals surface area contributed by atoms with Crippen molar-refractivity contribution in [3.63, 3.8) is 0 Å². The minimum Gasteiger partial charge on any atom is -0.372 e. The normalized spacial score (nSPS) is 23.0. The van der Waals surface area contributed by atoms with Gasteiger partial charge in [0.15, 0.2) is 5.79 Å². The lowest BCUT2D eigenvalue weighted by atomic mass is 9.92. The van der Waals surface area contributed by atoms with E-state index >= 15 is 0 Å². The molecule has 5 heteroatoms. The molecule has 19 heavy (non-hydrogen) atoms. The second-order valence-corrected chi connectivity index (χ2v) is 5.90. The molecule has 2 heterocycles. The van der Waals surface area contributed by atoms with Crippen LogP contribution in [0.1, 0.15) is 31.4 Å². The Labute approximate surface area is 121 Å². The van der Waals surface area contributed by atoms with E-state index in [0.29, 0.717) is 6.61 Å². The maximum Gasteiger partial charge on any atom is 0.168 e. The average molecular weight is 328 g/mol. The van der Waals surface area contributed by atoms with Crippen molar-refractivity contribution >= 4 is 15.9 Å². The fourth-order valence-corrected chi connectivity index (χ4v) is 3.07. The van der Waals surface area contributed by atoms with Crippen molar-refractivity contribution in [1.29, 1.82) is 0 Å². The molecule has 0 aromatic carbocycles. The molecule has 0 N–H and O–H groups in total. The van der Waals surface area contributed by atoms with Crippen LogP contribution in [0.4, 0.5) is 0 Å². The van der Waals surface area contributed by atoms with Crippen LogP contribution in [0.25, 0.3) is 0 Å². The highest BCUT2D eigenvalue weighted by molar-refractivity contribution is 9.10. The van der Waals surface area contributed by atoms with Gasteiger partial charge in [-0.25, -0.2) is 0 Å². The number of halogens is 1. The standard InChI is InChI=1S/C14H18BrNO3/c15-12-2-1-7-16-13(12)10-17-11-3-5-14(6-4-11)18-8-9-19-14/h1-2,7,11H,3-6,8-10H2. The van der Waals surface area contributed by atoms with Crippen molar-refractivity contribution in [2.75, 3.05) is 13.2 Å². The molecule has 0 bridgehead atoms. The molecule has 0 atom stereocenters. The second-order valence-electron chi connectivity index (χ2n) is 5.05. The molecule has 2 fully saturated rings. The van der Waals surface area contributed by atoms with Gasteiger partial charge in [-0.1, -0.05) is 0 Å². The number of hydrogen-bond donors (Lipinski definition) is 0. The number of aromatic nitrogens is 1. The van der Waals surface area contributed by atoms with E-state index in [2.05, 4.69) is 20.9 Å². The molecule has 1 saturated carbocycles. The number of ether oxygens (including phenoxy) is 3. The zero-order chi connectivity index (χ0) is 13.1. The predicted molar refractivity (Wildman–Crippen MR) is 73.6 cm³/mol. The van der Waals surface area contributed by atoms with Crippen molar-refractivity contribution in [1.82, 2.24) is 4.98 Å². The van der Waals surface area contributed by atoms with Crippen molar-refractivity contribution in [2.24, 2.45) is 0 Å². The van der Waals surface area contributed by atoms with Crippen LogP contribution in [-0.4, -0.2) is 30.1 Å². The Bertz CT molecular complexity index is 424. The molecule has 4 nitrogen and oxygen atoms in total. The van der Waals surface area contributed by atoms with Gasteiger partial charge in [0, 0.05) is 23.5 Å². The van der Waals surface area contributed by atoms with E-state index in [0.717, 1.165) is 49.1 Å². The molecule has 1 aromatic rings. The Morgan fingerprint density at radius 3 is 2.74 bits per heavy atom. The number of hydrogen-bond acceptors (Lipinski definition) is 4. The summed E-state index contributed by atoms with van der Waals surface area (Å²) in [5.41, 5.74) is 0.955. The fraction of sp³-hybridized carbons (Fsp3) is 0.643. The molecule has 1 aromatic heterocycles. The molecule has 1 aliphatic carbocycles. The lowest BCUT2D eigenvalue weighted by molar-refractivity contribution is -0.192. The van der Waals surface area contributed by atoms with Crippen LogP contribution in [0.2, 0.25) is 0 Å². The van der Waals surface area contributed by atoms with E-state index < -0.39 is 0 Å². The van der Waals surface area contributed by atoms with Gasteiger partial charge in [-0.2, -0.15) is 0 Å². The van der Waals surface area contributed by atoms with Gasteiger partial charge in [-0.05, 0) is 40.9 Å². The van der Waals surface area contributed by atoms with Crippen LogP contribution < -0.4 is 0 Å². The first kappa shape index (κ1) is 13.5. The number of rotatable bonds is 3. The smallest absolute Gasteiger partial charge is 0.168 e. The summed E-state index contributed by atoms with van der Waals surface area (Å²) in [7, 11) is 0. The van der Waals surface area contributed by atoms with Crippen molar-refractivity contribution in [3.05, 3.63) is 28.5 Å². The van der Waals surface area contributed by atoms with E-state index in [9.17, 15) is 0 Å². The third kappa shape index (κ3) is 3.16. The van der Waals surface area contributed by atoms with Gasteiger partial charge >= 0.3 is 0 Å². The molecule has 104 valence electrons. The highest BCUT2D eigenvalue weighted by atomic mass is 79.9. The minimum atomic E-state index is -0.300. The molecular formula is C14H18BrNO3. The summed E-state index contributed by atoms with van der Waals surface area (Å²) in [6.45, 7) is 2.01. The Morgan fingerprint density at radius 1 is 1.32 bits per heavy atom. The Morgan fingerprint density at radius 2 is 2.05 bits per heavy atom. The lowest BCUT2D eigenvalue weighted by Crippen LogP contribution is -2.37. The topological polar surface area (TPSA) is 40.6 Å². The first-order valence-electron chi connectivity index (χ1n) is 6.76. The first-order valence-corrected chi connectivity index (χ1v) is 7.56. The molecule has 1 spiro atoms. The molecule has 3 rings (SSSR count). The SMILES string of the molecule is Brc1cccnc1COC1CCC2(CC1)OCCO2. The molecule has 2 aliphatic rings. The van der Waals surface area contributed by atoms with Crippen molar-refractivity contribution in [3.8, 4) is 0 Å². The summed E-state index contributed by atoms with van der Waals surface area (Å²) >= 11 is 3.49. The predicted octanol–water partition coefficient (Wildman–Crippen LogP) is 3.05. The third-order valence-corrected chi connectivity index (χ3v) is 4.52. The maximum atomic E-state index is 5.95. The third-order valence-electron chi connectivity index (χ3n) is 3.80. The zero-order valence-electron chi connectivity index (χ0n) is 10.8. The summed E-state index contributed by atoms with van der Waals surface area (Å²) in [5.74, 6) is -0.300. The van der Waals surface area contributed by atoms with Crippen LogP contribution in [0.5, 0.6) is 0 Å². The van der Waals surface area contributed by atoms with Crippen LogP contribution in [0.15, 0.2) is 22.8 Å². The van der Waals surface area contributed by atoms with Gasteiger partial charge in [0.2, 0.25) is 0 Å². The van der Waals surface area contributed by atoms with Crippen molar-refractivity contribution < 1.29 is 14.2 Å². The van der Waals surface area contributed by atoms with Crippen LogP contribution in [0, 0.1) is 0 Å². The summed E-state index contributed by atoms with van der Waals surface area (Å²) in [5, 5.41) is 0. The molecule has 0 amide bonds. The Hall–Kier alpha value is -0.490. The van der Waals surface area contributed by atoms with Gasteiger partial charge in [0.25, 0.3) is 0 Å². The van der Waals surface area contributed by atoms with E-state index in [-0.39, 0.29) is 11.9 Å². The summed E-state index contributed by atoms with van der Waals surface area (Å²) < 4.78 is 18.4. The van der Waals surface area contributed by atoms with Crippen LogP contribution >= 0.6 is 15.9 Å². The summed E-state index contributed by atoms with van der Waals surface area (Å²) in [4.78, 5) is 4.31. The van der Waals surface area contributed by atoms with Gasteiger partial charge in [-0.15, -0.1) is 0 Å². The highest BCUT2D eigenvalue weighted by Gasteiger charge is 2.40. The zero-order valence-corrected chi connectivity index (χ0v) is 12.4. The molecule has 1 aliphatic heterocycles. The maximum absolute atomic E-state index is 5.95. The van der Waals surface area contributed by atoms with E-state index in [1.807, 2.05) is 12.1 Å². The quantitative estimate of drug-likeness (QED) is 0.855. The van der Waals surface area contributed by atoms with E-state index in [1.54, 1.807) is 6.20 Å². The molecule has 0 radical (unpaired) electrons. The second kappa shape index (κ2) is 5.87. The van der Waals surface area contributed by atoms with Crippen LogP contribution in [0.3, 0.4) is 0 Å². The Kier molecular flexibility index (Phi) is 4.17. The summed E-state index contributed by atoms with van der Waals surface area (Å²) in [6.07, 6.45) is 5.92. The summed E-state index contributed by atoms with van der Waals surface area (Å²) in [6, 6.07) is 3.90. The largest absolute Gasteiger partial charge is 0.372 e. The first-order chi connectivity index (χ1) is 9.27. The van der Waals surface area contributed by atoms with E-state index in [4.69, 9.17) is 14.2 Å². The van der Waals surface area contributed by atoms with Gasteiger partial charge < -0.3 is 14.2 Å². The Balaban J connectivity index is 1.49. The molecule has 1 saturated heterocycles. The highest BCUT2D eigenvalue weighted by Crippen LogP contribution is 2.36. The molecule has 0 unspecified atom stereocenters. The number of nitrogens with zero attached hydrogens (tertiary/aromatic N) is 1. The molecular weight excluding hydrogens is 310 g/mol. The number of pyridine rings is 1. The minimum absolute atomic E-state index is 0.285. The van der Waals surface area contributed by atoms with Crippen LogP contribution in [-0.2, 0) is 20.8 Å².